The van der Waals surface area contributed by atoms with Gasteiger partial charge in [0.15, 0.2) is 0 Å². The molecule has 0 heterocycles. The third-order valence-corrected chi connectivity index (χ3v) is 2.59. The number of rotatable bonds is 5. The standard InChI is InChI=1S/C10H19N3O2/c1-9(2,10(3,4)15)13-7-8(14)12-6-5-11/h13,15H,6-7H2,1-4H3,(H,12,14). The second-order valence-electron chi connectivity index (χ2n) is 4.47. The van der Waals surface area contributed by atoms with Crippen LogP contribution in [0.4, 0.5) is 0 Å². The Kier molecular flexibility index (Phi) is 4.72. The number of nitriles is 1. The van der Waals surface area contributed by atoms with Gasteiger partial charge in [0.25, 0.3) is 0 Å². The number of nitrogens with one attached hydrogen (secondary N) is 2. The summed E-state index contributed by atoms with van der Waals surface area (Å²) in [6.07, 6.45) is 0. The van der Waals surface area contributed by atoms with Crippen molar-refractivity contribution in [3.8, 4) is 6.07 Å². The first-order valence-corrected chi connectivity index (χ1v) is 4.82. The topological polar surface area (TPSA) is 85.2 Å². The first kappa shape index (κ1) is 13.9. The molecule has 0 aromatic carbocycles. The first-order chi connectivity index (χ1) is 6.70. The van der Waals surface area contributed by atoms with Crippen molar-refractivity contribution in [2.75, 3.05) is 13.1 Å². The van der Waals surface area contributed by atoms with Crippen LogP contribution >= 0.6 is 0 Å². The molecule has 0 rings (SSSR count). The van der Waals surface area contributed by atoms with E-state index in [4.69, 9.17) is 5.26 Å². The molecule has 0 atom stereocenters. The Bertz CT molecular complexity index is 261. The fraction of sp³-hybridized carbons (Fsp3) is 0.800. The summed E-state index contributed by atoms with van der Waals surface area (Å²) in [6.45, 7) is 7.05. The summed E-state index contributed by atoms with van der Waals surface area (Å²) in [5, 5.41) is 23.4. The summed E-state index contributed by atoms with van der Waals surface area (Å²) >= 11 is 0. The minimum atomic E-state index is -0.928. The third-order valence-electron chi connectivity index (χ3n) is 2.59. The Balaban J connectivity index is 4.06. The second-order valence-corrected chi connectivity index (χ2v) is 4.47. The van der Waals surface area contributed by atoms with Crippen molar-refractivity contribution in [1.29, 1.82) is 5.26 Å². The highest BCUT2D eigenvalue weighted by molar-refractivity contribution is 5.78. The Morgan fingerprint density at radius 3 is 2.33 bits per heavy atom. The van der Waals surface area contributed by atoms with Crippen LogP contribution in [0.2, 0.25) is 0 Å². The quantitative estimate of drug-likeness (QED) is 0.550. The molecule has 0 radical (unpaired) electrons. The molecule has 3 N–H and O–H groups in total. The van der Waals surface area contributed by atoms with Crippen molar-refractivity contribution < 1.29 is 9.90 Å². The molecule has 0 fully saturated rings. The molecule has 1 amide bonds. The van der Waals surface area contributed by atoms with Crippen molar-refractivity contribution in [2.45, 2.75) is 38.8 Å². The van der Waals surface area contributed by atoms with Gasteiger partial charge >= 0.3 is 0 Å². The number of carbonyl (C=O) groups is 1. The fourth-order valence-electron chi connectivity index (χ4n) is 0.718. The van der Waals surface area contributed by atoms with Gasteiger partial charge in [-0.05, 0) is 27.7 Å². The largest absolute Gasteiger partial charge is 0.389 e. The lowest BCUT2D eigenvalue weighted by atomic mass is 9.86. The smallest absolute Gasteiger partial charge is 0.234 e. The van der Waals surface area contributed by atoms with Gasteiger partial charge in [-0.3, -0.25) is 4.79 Å². The zero-order valence-corrected chi connectivity index (χ0v) is 9.72. The molecule has 0 aromatic heterocycles. The molecule has 0 aliphatic rings. The molecule has 0 unspecified atom stereocenters. The SMILES string of the molecule is CC(C)(O)C(C)(C)NCC(=O)NCC#N. The maximum Gasteiger partial charge on any atom is 0.234 e. The number of hydrogen-bond donors (Lipinski definition) is 3. The molecule has 5 heteroatoms. The zero-order chi connectivity index (χ0) is 12.1. The predicted molar refractivity (Wildman–Crippen MR) is 57.0 cm³/mol. The van der Waals surface area contributed by atoms with E-state index < -0.39 is 11.1 Å². The van der Waals surface area contributed by atoms with Crippen molar-refractivity contribution in [1.82, 2.24) is 10.6 Å². The van der Waals surface area contributed by atoms with Crippen LogP contribution in [0.25, 0.3) is 0 Å². The molecule has 0 aromatic rings. The molecule has 0 spiro atoms. The van der Waals surface area contributed by atoms with Crippen LogP contribution in [0.3, 0.4) is 0 Å². The molecule has 5 nitrogen and oxygen atoms in total. The lowest BCUT2D eigenvalue weighted by molar-refractivity contribution is -0.120. The number of aliphatic hydroxyl groups is 1. The monoisotopic (exact) mass is 213 g/mol. The van der Waals surface area contributed by atoms with Crippen molar-refractivity contribution in [2.24, 2.45) is 0 Å². The second kappa shape index (κ2) is 5.10. The molecule has 0 saturated carbocycles. The molecule has 0 aliphatic heterocycles. The van der Waals surface area contributed by atoms with Gasteiger partial charge in [0.1, 0.15) is 6.54 Å². The number of amides is 1. The lowest BCUT2D eigenvalue weighted by Crippen LogP contribution is -2.57. The highest BCUT2D eigenvalue weighted by Crippen LogP contribution is 2.19. The summed E-state index contributed by atoms with van der Waals surface area (Å²) in [5.41, 5.74) is -1.50. The summed E-state index contributed by atoms with van der Waals surface area (Å²) in [7, 11) is 0. The Morgan fingerprint density at radius 1 is 1.40 bits per heavy atom. The molecule has 0 saturated heterocycles. The maximum absolute atomic E-state index is 11.2. The fourth-order valence-corrected chi connectivity index (χ4v) is 0.718. The molecule has 0 aliphatic carbocycles. The van der Waals surface area contributed by atoms with Gasteiger partial charge in [-0.1, -0.05) is 0 Å². The third kappa shape index (κ3) is 4.77. The van der Waals surface area contributed by atoms with E-state index in [1.165, 1.54) is 0 Å². The number of nitrogens with zero attached hydrogens (tertiary/aromatic N) is 1. The zero-order valence-electron chi connectivity index (χ0n) is 9.72. The molecular weight excluding hydrogens is 194 g/mol. The van der Waals surface area contributed by atoms with Gasteiger partial charge in [0, 0.05) is 5.54 Å². The van der Waals surface area contributed by atoms with E-state index in [2.05, 4.69) is 10.6 Å². The summed E-state index contributed by atoms with van der Waals surface area (Å²) in [4.78, 5) is 11.2. The number of carbonyl (C=O) groups excluding carboxylic acids is 1. The van der Waals surface area contributed by atoms with Crippen molar-refractivity contribution in [3.05, 3.63) is 0 Å². The average Bonchev–Trinajstić information content (AvgIpc) is 2.09. The molecule has 0 bridgehead atoms. The van der Waals surface area contributed by atoms with Gasteiger partial charge < -0.3 is 15.7 Å². The van der Waals surface area contributed by atoms with E-state index in [0.717, 1.165) is 0 Å². The van der Waals surface area contributed by atoms with Gasteiger partial charge in [0.2, 0.25) is 5.91 Å². The van der Waals surface area contributed by atoms with Crippen LogP contribution in [-0.4, -0.2) is 35.2 Å². The van der Waals surface area contributed by atoms with E-state index in [0.29, 0.717) is 0 Å². The van der Waals surface area contributed by atoms with Gasteiger partial charge in [-0.2, -0.15) is 5.26 Å². The van der Waals surface area contributed by atoms with E-state index in [-0.39, 0.29) is 19.0 Å². The summed E-state index contributed by atoms with van der Waals surface area (Å²) < 4.78 is 0. The molecular formula is C10H19N3O2. The van der Waals surface area contributed by atoms with Crippen LogP contribution in [0.15, 0.2) is 0 Å². The van der Waals surface area contributed by atoms with Gasteiger partial charge in [-0.25, -0.2) is 0 Å². The van der Waals surface area contributed by atoms with Crippen LogP contribution in [0.5, 0.6) is 0 Å². The normalized spacial score (nSPS) is 12.0. The maximum atomic E-state index is 11.2. The van der Waals surface area contributed by atoms with Gasteiger partial charge in [-0.15, -0.1) is 0 Å². The first-order valence-electron chi connectivity index (χ1n) is 4.82. The molecule has 86 valence electrons. The number of hydrogen-bond acceptors (Lipinski definition) is 4. The van der Waals surface area contributed by atoms with Gasteiger partial charge in [0.05, 0.1) is 18.2 Å². The van der Waals surface area contributed by atoms with E-state index in [9.17, 15) is 9.90 Å². The van der Waals surface area contributed by atoms with E-state index >= 15 is 0 Å². The van der Waals surface area contributed by atoms with Crippen LogP contribution in [0, 0.1) is 11.3 Å². The Morgan fingerprint density at radius 2 is 1.93 bits per heavy atom. The predicted octanol–water partition coefficient (Wildman–Crippen LogP) is -0.235. The van der Waals surface area contributed by atoms with Crippen LogP contribution in [-0.2, 0) is 4.79 Å². The minimum absolute atomic E-state index is 0.00343. The van der Waals surface area contributed by atoms with E-state index in [1.807, 2.05) is 19.9 Å². The average molecular weight is 213 g/mol. The van der Waals surface area contributed by atoms with Crippen LogP contribution in [0.1, 0.15) is 27.7 Å². The Labute approximate surface area is 90.5 Å². The summed E-state index contributed by atoms with van der Waals surface area (Å²) in [5.74, 6) is -0.256. The Hall–Kier alpha value is -1.12. The van der Waals surface area contributed by atoms with Crippen molar-refractivity contribution >= 4 is 5.91 Å². The highest BCUT2D eigenvalue weighted by Gasteiger charge is 2.34. The van der Waals surface area contributed by atoms with E-state index in [1.54, 1.807) is 13.8 Å². The highest BCUT2D eigenvalue weighted by atomic mass is 16.3. The minimum Gasteiger partial charge on any atom is -0.389 e. The summed E-state index contributed by atoms with van der Waals surface area (Å²) in [6, 6.07) is 1.82. The van der Waals surface area contributed by atoms with Crippen molar-refractivity contribution in [3.63, 3.8) is 0 Å². The van der Waals surface area contributed by atoms with Crippen LogP contribution < -0.4 is 10.6 Å². The molecule has 15 heavy (non-hydrogen) atoms. The lowest BCUT2D eigenvalue weighted by Gasteiger charge is -2.38.